The van der Waals surface area contributed by atoms with Gasteiger partial charge in [-0.3, -0.25) is 0 Å². The van der Waals surface area contributed by atoms with Crippen LogP contribution in [0.1, 0.15) is 11.1 Å². The van der Waals surface area contributed by atoms with Crippen molar-refractivity contribution in [2.75, 3.05) is 26.3 Å². The van der Waals surface area contributed by atoms with Gasteiger partial charge in [0, 0.05) is 13.1 Å². The smallest absolute Gasteiger partial charge is 0.218 e. The molecule has 0 unspecified atom stereocenters. The molecule has 4 nitrogen and oxygen atoms in total. The lowest BCUT2D eigenvalue weighted by Crippen LogP contribution is -2.41. The van der Waals surface area contributed by atoms with Crippen molar-refractivity contribution < 1.29 is 13.2 Å². The van der Waals surface area contributed by atoms with E-state index in [1.54, 1.807) is 0 Å². The highest BCUT2D eigenvalue weighted by Crippen LogP contribution is 2.13. The van der Waals surface area contributed by atoms with Crippen molar-refractivity contribution in [1.29, 1.82) is 0 Å². The summed E-state index contributed by atoms with van der Waals surface area (Å²) >= 11 is 0. The highest BCUT2D eigenvalue weighted by molar-refractivity contribution is 7.88. The van der Waals surface area contributed by atoms with Gasteiger partial charge in [-0.2, -0.15) is 4.31 Å². The van der Waals surface area contributed by atoms with Crippen molar-refractivity contribution in [2.45, 2.75) is 12.7 Å². The van der Waals surface area contributed by atoms with E-state index < -0.39 is 10.0 Å². The van der Waals surface area contributed by atoms with Crippen LogP contribution in [-0.2, 0) is 20.5 Å². The standard InChI is InChI=1S/C12H17NO3S/c1-11-2-4-12(5-3-11)10-17(14,15)13-6-8-16-9-7-13/h2-5H,6-10H2,1H3. The van der Waals surface area contributed by atoms with Gasteiger partial charge in [-0.25, -0.2) is 8.42 Å². The van der Waals surface area contributed by atoms with Crippen molar-refractivity contribution in [3.63, 3.8) is 0 Å². The maximum absolute atomic E-state index is 12.1. The summed E-state index contributed by atoms with van der Waals surface area (Å²) in [5.74, 6) is 0.0767. The molecule has 0 N–H and O–H groups in total. The maximum Gasteiger partial charge on any atom is 0.218 e. The van der Waals surface area contributed by atoms with Crippen LogP contribution in [0.15, 0.2) is 24.3 Å². The van der Waals surface area contributed by atoms with Gasteiger partial charge in [-0.1, -0.05) is 29.8 Å². The topological polar surface area (TPSA) is 46.6 Å². The third-order valence-corrected chi connectivity index (χ3v) is 4.68. The van der Waals surface area contributed by atoms with Gasteiger partial charge in [0.15, 0.2) is 0 Å². The molecule has 0 aromatic heterocycles. The number of aryl methyl sites for hydroxylation is 1. The first-order chi connectivity index (χ1) is 8.08. The summed E-state index contributed by atoms with van der Waals surface area (Å²) in [7, 11) is -3.20. The molecule has 1 aliphatic rings. The second-order valence-electron chi connectivity index (χ2n) is 4.25. The lowest BCUT2D eigenvalue weighted by atomic mass is 10.2. The van der Waals surface area contributed by atoms with E-state index in [-0.39, 0.29) is 5.75 Å². The minimum absolute atomic E-state index is 0.0767. The Morgan fingerprint density at radius 1 is 1.18 bits per heavy atom. The minimum Gasteiger partial charge on any atom is -0.379 e. The normalized spacial score (nSPS) is 18.2. The Bertz CT molecular complexity index is 461. The number of hydrogen-bond acceptors (Lipinski definition) is 3. The Hall–Kier alpha value is -0.910. The lowest BCUT2D eigenvalue weighted by molar-refractivity contribution is 0.0729. The molecule has 94 valence electrons. The quantitative estimate of drug-likeness (QED) is 0.814. The fraction of sp³-hybridized carbons (Fsp3) is 0.500. The number of morpholine rings is 1. The van der Waals surface area contributed by atoms with E-state index in [1.807, 2.05) is 31.2 Å². The van der Waals surface area contributed by atoms with Gasteiger partial charge in [0.2, 0.25) is 10.0 Å². The van der Waals surface area contributed by atoms with Gasteiger partial charge in [-0.15, -0.1) is 0 Å². The summed E-state index contributed by atoms with van der Waals surface area (Å²) < 4.78 is 30.9. The molecule has 0 aliphatic carbocycles. The monoisotopic (exact) mass is 255 g/mol. The molecule has 0 spiro atoms. The summed E-state index contributed by atoms with van der Waals surface area (Å²) in [4.78, 5) is 0. The lowest BCUT2D eigenvalue weighted by Gasteiger charge is -2.26. The van der Waals surface area contributed by atoms with Gasteiger partial charge < -0.3 is 4.74 Å². The zero-order chi connectivity index (χ0) is 12.3. The van der Waals surface area contributed by atoms with Crippen molar-refractivity contribution >= 4 is 10.0 Å². The third-order valence-electron chi connectivity index (χ3n) is 2.83. The zero-order valence-corrected chi connectivity index (χ0v) is 10.7. The second kappa shape index (κ2) is 5.16. The highest BCUT2D eigenvalue weighted by Gasteiger charge is 2.24. The molecule has 2 rings (SSSR count). The number of sulfonamides is 1. The van der Waals surface area contributed by atoms with E-state index >= 15 is 0 Å². The van der Waals surface area contributed by atoms with Crippen LogP contribution < -0.4 is 0 Å². The average molecular weight is 255 g/mol. The van der Waals surface area contributed by atoms with E-state index in [1.165, 1.54) is 4.31 Å². The second-order valence-corrected chi connectivity index (χ2v) is 6.22. The third kappa shape index (κ3) is 3.28. The number of nitrogens with zero attached hydrogens (tertiary/aromatic N) is 1. The van der Waals surface area contributed by atoms with Gasteiger partial charge in [-0.05, 0) is 12.5 Å². The SMILES string of the molecule is Cc1ccc(CS(=O)(=O)N2CCOCC2)cc1. The molecule has 1 aliphatic heterocycles. The average Bonchev–Trinajstić information content (AvgIpc) is 2.33. The first kappa shape index (κ1) is 12.5. The molecular formula is C12H17NO3S. The van der Waals surface area contributed by atoms with Gasteiger partial charge in [0.25, 0.3) is 0 Å². The Kier molecular flexibility index (Phi) is 3.81. The molecule has 0 atom stereocenters. The molecule has 0 amide bonds. The minimum atomic E-state index is -3.20. The van der Waals surface area contributed by atoms with Crippen LogP contribution in [0.25, 0.3) is 0 Å². The summed E-state index contributed by atoms with van der Waals surface area (Å²) in [6, 6.07) is 7.61. The van der Waals surface area contributed by atoms with Crippen molar-refractivity contribution in [2.24, 2.45) is 0 Å². The molecule has 1 aromatic carbocycles. The first-order valence-corrected chi connectivity index (χ1v) is 7.30. The molecule has 1 fully saturated rings. The van der Waals surface area contributed by atoms with Crippen LogP contribution in [0.3, 0.4) is 0 Å². The summed E-state index contributed by atoms with van der Waals surface area (Å²) in [5, 5.41) is 0. The van der Waals surface area contributed by atoms with Gasteiger partial charge >= 0.3 is 0 Å². The Balaban J connectivity index is 2.08. The van der Waals surface area contributed by atoms with Gasteiger partial charge in [0.1, 0.15) is 0 Å². The molecule has 0 saturated carbocycles. The number of rotatable bonds is 3. The largest absolute Gasteiger partial charge is 0.379 e. The van der Waals surface area contributed by atoms with E-state index in [2.05, 4.69) is 0 Å². The Labute approximate surface area is 102 Å². The molecular weight excluding hydrogens is 238 g/mol. The van der Waals surface area contributed by atoms with Crippen LogP contribution >= 0.6 is 0 Å². The van der Waals surface area contributed by atoms with Crippen molar-refractivity contribution in [3.05, 3.63) is 35.4 Å². The first-order valence-electron chi connectivity index (χ1n) is 5.69. The van der Waals surface area contributed by atoms with Crippen molar-refractivity contribution in [3.8, 4) is 0 Å². The zero-order valence-electron chi connectivity index (χ0n) is 9.93. The molecule has 5 heteroatoms. The molecule has 0 radical (unpaired) electrons. The molecule has 0 bridgehead atoms. The van der Waals surface area contributed by atoms with Crippen molar-refractivity contribution in [1.82, 2.24) is 4.31 Å². The number of hydrogen-bond donors (Lipinski definition) is 0. The fourth-order valence-electron chi connectivity index (χ4n) is 1.81. The predicted molar refractivity (Wildman–Crippen MR) is 66.2 cm³/mol. The van der Waals surface area contributed by atoms with E-state index in [0.29, 0.717) is 26.3 Å². The molecule has 1 saturated heterocycles. The van der Waals surface area contributed by atoms with Crippen LogP contribution in [-0.4, -0.2) is 39.0 Å². The van der Waals surface area contributed by atoms with Crippen LogP contribution in [0.2, 0.25) is 0 Å². The fourth-order valence-corrected chi connectivity index (χ4v) is 3.31. The summed E-state index contributed by atoms with van der Waals surface area (Å²) in [6.07, 6.45) is 0. The number of ether oxygens (including phenoxy) is 1. The van der Waals surface area contributed by atoms with E-state index in [4.69, 9.17) is 4.74 Å². The highest BCUT2D eigenvalue weighted by atomic mass is 32.2. The van der Waals surface area contributed by atoms with E-state index in [9.17, 15) is 8.42 Å². The number of benzene rings is 1. The van der Waals surface area contributed by atoms with Crippen LogP contribution in [0.4, 0.5) is 0 Å². The molecule has 17 heavy (non-hydrogen) atoms. The summed E-state index contributed by atoms with van der Waals surface area (Å²) in [6.45, 7) is 3.91. The van der Waals surface area contributed by atoms with Crippen LogP contribution in [0.5, 0.6) is 0 Å². The Morgan fingerprint density at radius 2 is 1.76 bits per heavy atom. The Morgan fingerprint density at radius 3 is 2.35 bits per heavy atom. The predicted octanol–water partition coefficient (Wildman–Crippen LogP) is 1.16. The van der Waals surface area contributed by atoms with E-state index in [0.717, 1.165) is 11.1 Å². The van der Waals surface area contributed by atoms with Crippen LogP contribution in [0, 0.1) is 6.92 Å². The molecule has 1 heterocycles. The maximum atomic E-state index is 12.1. The summed E-state index contributed by atoms with van der Waals surface area (Å²) in [5.41, 5.74) is 1.97. The molecule has 1 aromatic rings. The van der Waals surface area contributed by atoms with Gasteiger partial charge in [0.05, 0.1) is 19.0 Å².